The van der Waals surface area contributed by atoms with Crippen molar-refractivity contribution in [3.63, 3.8) is 0 Å². The Balaban J connectivity index is 2.74. The predicted octanol–water partition coefficient (Wildman–Crippen LogP) is 1.71. The molecule has 0 bridgehead atoms. The minimum absolute atomic E-state index is 0.160. The largest absolute Gasteiger partial charge is 0.479 e. The van der Waals surface area contributed by atoms with Crippen LogP contribution < -0.4 is 10.1 Å². The molecule has 0 saturated heterocycles. The van der Waals surface area contributed by atoms with Crippen molar-refractivity contribution in [2.45, 2.75) is 25.5 Å². The van der Waals surface area contributed by atoms with E-state index in [4.69, 9.17) is 21.1 Å². The first-order valence-electron chi connectivity index (χ1n) is 6.25. The lowest BCUT2D eigenvalue weighted by atomic mass is 10.0. The van der Waals surface area contributed by atoms with Crippen LogP contribution >= 0.6 is 11.6 Å². The Kier molecular flexibility index (Phi) is 5.99. The van der Waals surface area contributed by atoms with Gasteiger partial charge in [-0.1, -0.05) is 23.7 Å². The van der Waals surface area contributed by atoms with Crippen molar-refractivity contribution >= 4 is 23.5 Å². The van der Waals surface area contributed by atoms with E-state index < -0.39 is 23.5 Å². The molecule has 0 aliphatic heterocycles. The van der Waals surface area contributed by atoms with Gasteiger partial charge in [0.1, 0.15) is 5.75 Å². The minimum atomic E-state index is -1.52. The molecule has 6 nitrogen and oxygen atoms in total. The van der Waals surface area contributed by atoms with Gasteiger partial charge in [0, 0.05) is 7.11 Å². The van der Waals surface area contributed by atoms with Crippen LogP contribution in [0.15, 0.2) is 24.3 Å². The fourth-order valence-corrected chi connectivity index (χ4v) is 1.78. The zero-order valence-corrected chi connectivity index (χ0v) is 12.8. The van der Waals surface area contributed by atoms with E-state index in [0.29, 0.717) is 10.8 Å². The summed E-state index contributed by atoms with van der Waals surface area (Å²) in [6.07, 6.45) is -0.902. The summed E-state index contributed by atoms with van der Waals surface area (Å²) in [4.78, 5) is 23.3. The first kappa shape index (κ1) is 17.3. The van der Waals surface area contributed by atoms with E-state index in [1.54, 1.807) is 24.3 Å². The van der Waals surface area contributed by atoms with E-state index in [2.05, 4.69) is 5.32 Å². The monoisotopic (exact) mass is 315 g/mol. The normalized spacial score (nSPS) is 14.9. The average Bonchev–Trinajstić information content (AvgIpc) is 2.41. The van der Waals surface area contributed by atoms with Gasteiger partial charge in [0.2, 0.25) is 0 Å². The Morgan fingerprint density at radius 3 is 2.57 bits per heavy atom. The van der Waals surface area contributed by atoms with Crippen LogP contribution in [0.3, 0.4) is 0 Å². The molecule has 1 rings (SSSR count). The van der Waals surface area contributed by atoms with Crippen LogP contribution in [0.5, 0.6) is 5.75 Å². The first-order chi connectivity index (χ1) is 9.80. The standard InChI is InChI=1S/C14H18ClNO5/c1-9(21-11-7-5-4-6-10(11)15)12(17)16-14(2,8-20-3)13(18)19/h4-7,9H,8H2,1-3H3,(H,16,17)(H,18,19). The number of ether oxygens (including phenoxy) is 2. The van der Waals surface area contributed by atoms with Crippen LogP contribution in [-0.2, 0) is 14.3 Å². The molecule has 1 amide bonds. The number of halogens is 1. The second-order valence-corrected chi connectivity index (χ2v) is 5.16. The molecule has 21 heavy (non-hydrogen) atoms. The van der Waals surface area contributed by atoms with Crippen molar-refractivity contribution in [1.29, 1.82) is 0 Å². The Bertz CT molecular complexity index is 522. The maximum atomic E-state index is 12.1. The van der Waals surface area contributed by atoms with E-state index in [1.165, 1.54) is 21.0 Å². The number of rotatable bonds is 7. The first-order valence-corrected chi connectivity index (χ1v) is 6.63. The number of nitrogens with one attached hydrogen (secondary N) is 1. The molecule has 0 spiro atoms. The van der Waals surface area contributed by atoms with Gasteiger partial charge < -0.3 is 19.9 Å². The van der Waals surface area contributed by atoms with E-state index in [9.17, 15) is 14.7 Å². The van der Waals surface area contributed by atoms with Crippen molar-refractivity contribution in [3.8, 4) is 5.75 Å². The number of carboxylic acids is 1. The zero-order chi connectivity index (χ0) is 16.0. The summed E-state index contributed by atoms with van der Waals surface area (Å²) in [5.74, 6) is -1.41. The smallest absolute Gasteiger partial charge is 0.331 e. The summed E-state index contributed by atoms with van der Waals surface area (Å²) in [6.45, 7) is 2.71. The highest BCUT2D eigenvalue weighted by Gasteiger charge is 2.36. The third-order valence-electron chi connectivity index (χ3n) is 2.81. The number of carbonyl (C=O) groups is 2. The van der Waals surface area contributed by atoms with Crippen LogP contribution in [0.4, 0.5) is 0 Å². The average molecular weight is 316 g/mol. The highest BCUT2D eigenvalue weighted by atomic mass is 35.5. The van der Waals surface area contributed by atoms with Gasteiger partial charge in [-0.05, 0) is 26.0 Å². The second-order valence-electron chi connectivity index (χ2n) is 4.75. The van der Waals surface area contributed by atoms with Crippen molar-refractivity contribution in [1.82, 2.24) is 5.32 Å². The van der Waals surface area contributed by atoms with Crippen molar-refractivity contribution < 1.29 is 24.2 Å². The molecule has 7 heteroatoms. The molecule has 2 unspecified atom stereocenters. The number of para-hydroxylation sites is 1. The molecule has 0 radical (unpaired) electrons. The fraction of sp³-hybridized carbons (Fsp3) is 0.429. The van der Waals surface area contributed by atoms with Crippen LogP contribution in [0.2, 0.25) is 5.02 Å². The summed E-state index contributed by atoms with van der Waals surface area (Å²) in [5.41, 5.74) is -1.52. The quantitative estimate of drug-likeness (QED) is 0.800. The molecule has 1 aromatic rings. The SMILES string of the molecule is COCC(C)(NC(=O)C(C)Oc1ccccc1Cl)C(=O)O. The number of benzene rings is 1. The summed E-state index contributed by atoms with van der Waals surface area (Å²) in [7, 11) is 1.36. The zero-order valence-electron chi connectivity index (χ0n) is 12.1. The van der Waals surface area contributed by atoms with Crippen LogP contribution in [0, 0.1) is 0 Å². The van der Waals surface area contributed by atoms with Gasteiger partial charge in [0.15, 0.2) is 11.6 Å². The second kappa shape index (κ2) is 7.28. The number of carboxylic acid groups (broad SMARTS) is 1. The molecule has 2 atom stereocenters. The maximum absolute atomic E-state index is 12.1. The molecule has 1 aromatic carbocycles. The predicted molar refractivity (Wildman–Crippen MR) is 77.6 cm³/mol. The molecule has 116 valence electrons. The molecular formula is C14H18ClNO5. The topological polar surface area (TPSA) is 84.9 Å². The van der Waals surface area contributed by atoms with Crippen molar-refractivity contribution in [2.75, 3.05) is 13.7 Å². The molecule has 0 saturated carbocycles. The van der Waals surface area contributed by atoms with Crippen LogP contribution in [-0.4, -0.2) is 42.3 Å². The minimum Gasteiger partial charge on any atom is -0.479 e. The molecule has 0 fully saturated rings. The van der Waals surface area contributed by atoms with Gasteiger partial charge in [-0.15, -0.1) is 0 Å². The summed E-state index contributed by atoms with van der Waals surface area (Å²) in [5, 5.41) is 11.9. The number of hydrogen-bond donors (Lipinski definition) is 2. The van der Waals surface area contributed by atoms with Gasteiger partial charge in [0.05, 0.1) is 11.6 Å². The Hall–Kier alpha value is -1.79. The van der Waals surface area contributed by atoms with E-state index in [1.807, 2.05) is 0 Å². The number of amides is 1. The molecular weight excluding hydrogens is 298 g/mol. The third kappa shape index (κ3) is 4.61. The van der Waals surface area contributed by atoms with Gasteiger partial charge >= 0.3 is 5.97 Å². The number of aliphatic carboxylic acids is 1. The lowest BCUT2D eigenvalue weighted by Crippen LogP contribution is -2.57. The van der Waals surface area contributed by atoms with Gasteiger partial charge in [-0.3, -0.25) is 4.79 Å². The highest BCUT2D eigenvalue weighted by Crippen LogP contribution is 2.24. The van der Waals surface area contributed by atoms with Crippen LogP contribution in [0.25, 0.3) is 0 Å². The van der Waals surface area contributed by atoms with E-state index in [-0.39, 0.29) is 6.61 Å². The van der Waals surface area contributed by atoms with Crippen LogP contribution in [0.1, 0.15) is 13.8 Å². The van der Waals surface area contributed by atoms with Gasteiger partial charge in [0.25, 0.3) is 5.91 Å². The summed E-state index contributed by atoms with van der Waals surface area (Å²) in [6, 6.07) is 6.71. The number of methoxy groups -OCH3 is 1. The molecule has 0 aromatic heterocycles. The number of carbonyl (C=O) groups excluding carboxylic acids is 1. The summed E-state index contributed by atoms with van der Waals surface area (Å²) < 4.78 is 10.3. The third-order valence-corrected chi connectivity index (χ3v) is 3.13. The molecule has 0 heterocycles. The molecule has 0 aliphatic carbocycles. The van der Waals surface area contributed by atoms with E-state index in [0.717, 1.165) is 0 Å². The van der Waals surface area contributed by atoms with Crippen molar-refractivity contribution in [3.05, 3.63) is 29.3 Å². The van der Waals surface area contributed by atoms with Crippen molar-refractivity contribution in [2.24, 2.45) is 0 Å². The lowest BCUT2D eigenvalue weighted by molar-refractivity contribution is -0.150. The highest BCUT2D eigenvalue weighted by molar-refractivity contribution is 6.32. The van der Waals surface area contributed by atoms with Gasteiger partial charge in [-0.25, -0.2) is 4.79 Å². The Morgan fingerprint density at radius 1 is 1.43 bits per heavy atom. The molecule has 2 N–H and O–H groups in total. The Labute approximate surface area is 128 Å². The lowest BCUT2D eigenvalue weighted by Gasteiger charge is -2.27. The Morgan fingerprint density at radius 2 is 2.05 bits per heavy atom. The van der Waals surface area contributed by atoms with E-state index >= 15 is 0 Å². The summed E-state index contributed by atoms with van der Waals surface area (Å²) >= 11 is 5.94. The number of hydrogen-bond acceptors (Lipinski definition) is 4. The maximum Gasteiger partial charge on any atom is 0.331 e. The molecule has 0 aliphatic rings. The fourth-order valence-electron chi connectivity index (χ4n) is 1.60. The van der Waals surface area contributed by atoms with Gasteiger partial charge in [-0.2, -0.15) is 0 Å².